The third kappa shape index (κ3) is 3.62. The van der Waals surface area contributed by atoms with Gasteiger partial charge in [0.25, 0.3) is 5.91 Å². The molecule has 1 aromatic heterocycles. The molecule has 3 nitrogen and oxygen atoms in total. The fraction of sp³-hybridized carbons (Fsp3) is 0.167. The van der Waals surface area contributed by atoms with E-state index in [0.717, 1.165) is 13.0 Å². The van der Waals surface area contributed by atoms with E-state index >= 15 is 0 Å². The maximum Gasteiger partial charge on any atom is 0.254 e. The molecule has 0 aliphatic heterocycles. The Labute approximate surface area is 142 Å². The van der Waals surface area contributed by atoms with E-state index in [0.29, 0.717) is 11.0 Å². The van der Waals surface area contributed by atoms with Crippen molar-refractivity contribution in [2.24, 2.45) is 0 Å². The number of benzene rings is 2. The third-order valence-corrected chi connectivity index (χ3v) is 4.21. The zero-order valence-electron chi connectivity index (χ0n) is 12.4. The van der Waals surface area contributed by atoms with Crippen LogP contribution in [-0.4, -0.2) is 17.0 Å². The van der Waals surface area contributed by atoms with Crippen LogP contribution in [0.5, 0.6) is 0 Å². The van der Waals surface area contributed by atoms with Gasteiger partial charge in [0.15, 0.2) is 0 Å². The molecule has 0 aliphatic carbocycles. The molecule has 1 N–H and O–H groups in total. The summed E-state index contributed by atoms with van der Waals surface area (Å²) in [6.45, 7) is 1.30. The normalized spacial score (nSPS) is 10.9. The Kier molecular flexibility index (Phi) is 4.76. The first-order chi connectivity index (χ1) is 11.1. The standard InChI is InChI=1S/C18H16BrFN2O/c19-14-6-7-16(20)15(12-14)18(23)21-9-3-10-22-11-8-13-4-1-2-5-17(13)22/h1-2,4-8,11-12H,3,9-10H2,(H,21,23). The van der Waals surface area contributed by atoms with Crippen LogP contribution in [-0.2, 0) is 6.54 Å². The van der Waals surface area contributed by atoms with Crippen LogP contribution < -0.4 is 5.32 Å². The molecule has 0 aliphatic rings. The highest BCUT2D eigenvalue weighted by Crippen LogP contribution is 2.16. The minimum atomic E-state index is -0.512. The highest BCUT2D eigenvalue weighted by Gasteiger charge is 2.11. The van der Waals surface area contributed by atoms with Crippen molar-refractivity contribution in [3.8, 4) is 0 Å². The first-order valence-electron chi connectivity index (χ1n) is 7.42. The van der Waals surface area contributed by atoms with Crippen molar-refractivity contribution in [3.05, 3.63) is 70.6 Å². The maximum atomic E-state index is 13.6. The molecular formula is C18H16BrFN2O. The second-order valence-corrected chi connectivity index (χ2v) is 6.22. The van der Waals surface area contributed by atoms with Crippen molar-refractivity contribution in [1.82, 2.24) is 9.88 Å². The van der Waals surface area contributed by atoms with E-state index in [-0.39, 0.29) is 11.5 Å². The van der Waals surface area contributed by atoms with Crippen molar-refractivity contribution in [1.29, 1.82) is 0 Å². The van der Waals surface area contributed by atoms with Gasteiger partial charge in [-0.2, -0.15) is 0 Å². The Morgan fingerprint density at radius 2 is 2.00 bits per heavy atom. The van der Waals surface area contributed by atoms with E-state index in [9.17, 15) is 9.18 Å². The summed E-state index contributed by atoms with van der Waals surface area (Å²) in [5, 5.41) is 3.97. The summed E-state index contributed by atoms with van der Waals surface area (Å²) in [6.07, 6.45) is 2.82. The van der Waals surface area contributed by atoms with Gasteiger partial charge in [0.05, 0.1) is 5.56 Å². The van der Waals surface area contributed by atoms with Gasteiger partial charge < -0.3 is 9.88 Å². The van der Waals surface area contributed by atoms with E-state index in [4.69, 9.17) is 0 Å². The lowest BCUT2D eigenvalue weighted by Gasteiger charge is -2.08. The molecular weight excluding hydrogens is 359 g/mol. The minimum Gasteiger partial charge on any atom is -0.352 e. The Balaban J connectivity index is 1.55. The molecule has 0 atom stereocenters. The van der Waals surface area contributed by atoms with Gasteiger partial charge in [-0.15, -0.1) is 0 Å². The highest BCUT2D eigenvalue weighted by molar-refractivity contribution is 9.10. The predicted octanol–water partition coefficient (Wildman–Crippen LogP) is 4.36. The van der Waals surface area contributed by atoms with Crippen LogP contribution in [0.3, 0.4) is 0 Å². The molecule has 0 fully saturated rings. The number of carbonyl (C=O) groups excluding carboxylic acids is 1. The van der Waals surface area contributed by atoms with Crippen LogP contribution in [0.2, 0.25) is 0 Å². The maximum absolute atomic E-state index is 13.6. The molecule has 3 rings (SSSR count). The lowest BCUT2D eigenvalue weighted by Crippen LogP contribution is -2.26. The minimum absolute atomic E-state index is 0.0609. The number of para-hydroxylation sites is 1. The van der Waals surface area contributed by atoms with Crippen LogP contribution in [0, 0.1) is 5.82 Å². The molecule has 0 saturated carbocycles. The van der Waals surface area contributed by atoms with Gasteiger partial charge in [0, 0.05) is 29.3 Å². The summed E-state index contributed by atoms with van der Waals surface area (Å²) < 4.78 is 16.5. The summed E-state index contributed by atoms with van der Waals surface area (Å²) in [6, 6.07) is 14.6. The molecule has 3 aromatic rings. The number of carbonyl (C=O) groups is 1. The Hall–Kier alpha value is -2.14. The van der Waals surface area contributed by atoms with Crippen LogP contribution in [0.1, 0.15) is 16.8 Å². The second kappa shape index (κ2) is 6.96. The summed E-state index contributed by atoms with van der Waals surface area (Å²) >= 11 is 3.25. The summed E-state index contributed by atoms with van der Waals surface area (Å²) in [7, 11) is 0. The van der Waals surface area contributed by atoms with Crippen LogP contribution >= 0.6 is 15.9 Å². The highest BCUT2D eigenvalue weighted by atomic mass is 79.9. The predicted molar refractivity (Wildman–Crippen MR) is 93.0 cm³/mol. The molecule has 0 bridgehead atoms. The average molecular weight is 375 g/mol. The van der Waals surface area contributed by atoms with Gasteiger partial charge in [-0.05, 0) is 42.1 Å². The number of fused-ring (bicyclic) bond motifs is 1. The molecule has 0 radical (unpaired) electrons. The van der Waals surface area contributed by atoms with Gasteiger partial charge in [-0.1, -0.05) is 34.1 Å². The van der Waals surface area contributed by atoms with Crippen molar-refractivity contribution < 1.29 is 9.18 Å². The summed E-state index contributed by atoms with van der Waals surface area (Å²) in [5.41, 5.74) is 1.24. The number of hydrogen-bond acceptors (Lipinski definition) is 1. The molecule has 0 spiro atoms. The van der Waals surface area contributed by atoms with E-state index in [1.165, 1.54) is 23.0 Å². The Morgan fingerprint density at radius 1 is 1.17 bits per heavy atom. The lowest BCUT2D eigenvalue weighted by atomic mass is 10.2. The van der Waals surface area contributed by atoms with Crippen molar-refractivity contribution >= 4 is 32.7 Å². The van der Waals surface area contributed by atoms with Crippen molar-refractivity contribution in [2.45, 2.75) is 13.0 Å². The van der Waals surface area contributed by atoms with Gasteiger partial charge in [-0.3, -0.25) is 4.79 Å². The van der Waals surface area contributed by atoms with Gasteiger partial charge >= 0.3 is 0 Å². The number of hydrogen-bond donors (Lipinski definition) is 1. The fourth-order valence-corrected chi connectivity index (χ4v) is 2.91. The first-order valence-corrected chi connectivity index (χ1v) is 8.21. The number of halogens is 2. The topological polar surface area (TPSA) is 34.0 Å². The molecule has 23 heavy (non-hydrogen) atoms. The average Bonchev–Trinajstić information content (AvgIpc) is 2.97. The number of amides is 1. The Bertz CT molecular complexity index is 844. The molecule has 0 unspecified atom stereocenters. The monoisotopic (exact) mass is 374 g/mol. The van der Waals surface area contributed by atoms with Crippen LogP contribution in [0.4, 0.5) is 4.39 Å². The van der Waals surface area contributed by atoms with Crippen molar-refractivity contribution in [3.63, 3.8) is 0 Å². The van der Waals surface area contributed by atoms with E-state index < -0.39 is 5.82 Å². The van der Waals surface area contributed by atoms with Crippen LogP contribution in [0.15, 0.2) is 59.2 Å². The molecule has 5 heteroatoms. The van der Waals surface area contributed by atoms with Crippen LogP contribution in [0.25, 0.3) is 10.9 Å². The fourth-order valence-electron chi connectivity index (χ4n) is 2.55. The third-order valence-electron chi connectivity index (χ3n) is 3.71. The van der Waals surface area contributed by atoms with Gasteiger partial charge in [-0.25, -0.2) is 4.39 Å². The zero-order chi connectivity index (χ0) is 16.2. The number of aromatic nitrogens is 1. The molecule has 1 heterocycles. The van der Waals surface area contributed by atoms with E-state index in [1.807, 2.05) is 18.3 Å². The second-order valence-electron chi connectivity index (χ2n) is 5.30. The number of nitrogens with one attached hydrogen (secondary N) is 1. The van der Waals surface area contributed by atoms with Crippen molar-refractivity contribution in [2.75, 3.05) is 6.54 Å². The number of rotatable bonds is 5. The summed E-state index contributed by atoms with van der Waals surface area (Å²) in [5.74, 6) is -0.900. The first kappa shape index (κ1) is 15.7. The number of aryl methyl sites for hydroxylation is 1. The molecule has 0 saturated heterocycles. The quantitative estimate of drug-likeness (QED) is 0.661. The van der Waals surface area contributed by atoms with E-state index in [2.05, 4.69) is 44.0 Å². The largest absolute Gasteiger partial charge is 0.352 e. The zero-order valence-corrected chi connectivity index (χ0v) is 14.0. The molecule has 118 valence electrons. The van der Waals surface area contributed by atoms with Gasteiger partial charge in [0.1, 0.15) is 5.82 Å². The molecule has 2 aromatic carbocycles. The summed E-state index contributed by atoms with van der Waals surface area (Å²) in [4.78, 5) is 12.0. The Morgan fingerprint density at radius 3 is 2.87 bits per heavy atom. The smallest absolute Gasteiger partial charge is 0.254 e. The number of nitrogens with zero attached hydrogens (tertiary/aromatic N) is 1. The van der Waals surface area contributed by atoms with E-state index in [1.54, 1.807) is 6.07 Å². The SMILES string of the molecule is O=C(NCCCn1ccc2ccccc21)c1cc(Br)ccc1F. The molecule has 1 amide bonds. The van der Waals surface area contributed by atoms with Gasteiger partial charge in [0.2, 0.25) is 0 Å². The lowest BCUT2D eigenvalue weighted by molar-refractivity contribution is 0.0948.